The molecule has 55 heavy (non-hydrogen) atoms. The normalized spacial score (nSPS) is 11.4. The highest BCUT2D eigenvalue weighted by molar-refractivity contribution is 6.13. The number of hydrogen-bond donors (Lipinski definition) is 0. The Balaban J connectivity index is 1.16. The molecule has 1 aliphatic heterocycles. The van der Waals surface area contributed by atoms with Crippen LogP contribution in [-0.4, -0.2) is 0 Å². The molecule has 0 radical (unpaired) electrons. The maximum Gasteiger partial charge on any atom is 0.137 e. The Hall–Kier alpha value is -7.36. The van der Waals surface area contributed by atoms with Gasteiger partial charge in [-0.05, 0) is 101 Å². The standard InChI is InChI=1S/C52H36N2O/c1-5-15-37(16-6-1)39-27-31-43(32-28-39)54(44-33-29-40(30-34-44)38-17-7-2-8-18-38)48-25-14-26-49-52(48)46-24-13-23-45-47(35-36-50(55-49)51(45)46)53(41-19-9-3-10-20-41)42-21-11-4-12-22-42/h1-36H. The number of hydrogen-bond acceptors (Lipinski definition) is 3. The molecular weight excluding hydrogens is 669 g/mol. The molecule has 0 saturated heterocycles. The van der Waals surface area contributed by atoms with Gasteiger partial charge in [-0.3, -0.25) is 0 Å². The van der Waals surface area contributed by atoms with Crippen LogP contribution in [0.2, 0.25) is 0 Å². The van der Waals surface area contributed by atoms with Gasteiger partial charge in [0.05, 0.1) is 11.4 Å². The van der Waals surface area contributed by atoms with E-state index in [9.17, 15) is 0 Å². The minimum absolute atomic E-state index is 0.833. The minimum atomic E-state index is 0.833. The van der Waals surface area contributed by atoms with Crippen molar-refractivity contribution in [2.45, 2.75) is 0 Å². The van der Waals surface area contributed by atoms with Crippen LogP contribution in [0.5, 0.6) is 11.5 Å². The van der Waals surface area contributed by atoms with Crippen molar-refractivity contribution in [1.82, 2.24) is 0 Å². The summed E-state index contributed by atoms with van der Waals surface area (Å²) >= 11 is 0. The Morgan fingerprint density at radius 1 is 0.291 bits per heavy atom. The fourth-order valence-electron chi connectivity index (χ4n) is 7.90. The highest BCUT2D eigenvalue weighted by Crippen LogP contribution is 2.54. The molecule has 1 heterocycles. The molecule has 3 nitrogen and oxygen atoms in total. The summed E-state index contributed by atoms with van der Waals surface area (Å²) < 4.78 is 6.87. The van der Waals surface area contributed by atoms with Gasteiger partial charge in [0.2, 0.25) is 0 Å². The second-order valence-corrected chi connectivity index (χ2v) is 13.7. The summed E-state index contributed by atoms with van der Waals surface area (Å²) in [6, 6.07) is 77.3. The Morgan fingerprint density at radius 3 is 1.29 bits per heavy atom. The van der Waals surface area contributed by atoms with Crippen molar-refractivity contribution in [2.24, 2.45) is 0 Å². The van der Waals surface area contributed by atoms with E-state index in [0.29, 0.717) is 0 Å². The van der Waals surface area contributed by atoms with Crippen LogP contribution >= 0.6 is 0 Å². The van der Waals surface area contributed by atoms with E-state index in [1.807, 2.05) is 0 Å². The molecule has 10 rings (SSSR count). The van der Waals surface area contributed by atoms with Crippen LogP contribution in [0.1, 0.15) is 0 Å². The van der Waals surface area contributed by atoms with Crippen molar-refractivity contribution in [3.05, 3.63) is 218 Å². The lowest BCUT2D eigenvalue weighted by molar-refractivity contribution is 0.487. The van der Waals surface area contributed by atoms with Gasteiger partial charge in [-0.1, -0.05) is 146 Å². The van der Waals surface area contributed by atoms with Gasteiger partial charge < -0.3 is 14.5 Å². The fourth-order valence-corrected chi connectivity index (χ4v) is 7.90. The molecule has 0 atom stereocenters. The van der Waals surface area contributed by atoms with Gasteiger partial charge in [0, 0.05) is 39.1 Å². The molecular formula is C52H36N2O. The molecule has 3 heteroatoms. The average Bonchev–Trinajstić information content (AvgIpc) is 3.26. The maximum absolute atomic E-state index is 6.87. The fraction of sp³-hybridized carbons (Fsp3) is 0. The quantitative estimate of drug-likeness (QED) is 0.157. The van der Waals surface area contributed by atoms with Crippen LogP contribution in [0.25, 0.3) is 44.2 Å². The van der Waals surface area contributed by atoms with Crippen molar-refractivity contribution in [2.75, 3.05) is 9.80 Å². The van der Waals surface area contributed by atoms with E-state index < -0.39 is 0 Å². The summed E-state index contributed by atoms with van der Waals surface area (Å²) in [7, 11) is 0. The van der Waals surface area contributed by atoms with Crippen LogP contribution in [-0.2, 0) is 0 Å². The molecule has 1 aliphatic rings. The van der Waals surface area contributed by atoms with Crippen molar-refractivity contribution >= 4 is 44.9 Å². The first-order valence-electron chi connectivity index (χ1n) is 18.7. The second kappa shape index (κ2) is 13.9. The molecule has 0 N–H and O–H groups in total. The Kier molecular flexibility index (Phi) is 8.16. The molecule has 9 aromatic carbocycles. The first kappa shape index (κ1) is 32.3. The van der Waals surface area contributed by atoms with Crippen LogP contribution in [0, 0.1) is 0 Å². The van der Waals surface area contributed by atoms with Gasteiger partial charge in [0.15, 0.2) is 0 Å². The smallest absolute Gasteiger partial charge is 0.137 e. The molecule has 260 valence electrons. The maximum atomic E-state index is 6.87. The largest absolute Gasteiger partial charge is 0.456 e. The number of rotatable bonds is 8. The van der Waals surface area contributed by atoms with Gasteiger partial charge >= 0.3 is 0 Å². The molecule has 0 saturated carbocycles. The first-order valence-corrected chi connectivity index (χ1v) is 18.7. The van der Waals surface area contributed by atoms with Crippen LogP contribution in [0.3, 0.4) is 0 Å². The van der Waals surface area contributed by atoms with Crippen molar-refractivity contribution < 1.29 is 4.74 Å². The number of benzene rings is 9. The minimum Gasteiger partial charge on any atom is -0.456 e. The molecule has 0 amide bonds. The topological polar surface area (TPSA) is 15.7 Å². The monoisotopic (exact) mass is 704 g/mol. The zero-order valence-corrected chi connectivity index (χ0v) is 30.1. The summed E-state index contributed by atoms with van der Waals surface area (Å²) in [6.07, 6.45) is 0. The van der Waals surface area contributed by atoms with E-state index in [4.69, 9.17) is 4.74 Å². The molecule has 0 aromatic heterocycles. The average molecular weight is 705 g/mol. The predicted molar refractivity (Wildman–Crippen MR) is 230 cm³/mol. The van der Waals surface area contributed by atoms with Gasteiger partial charge in [0.1, 0.15) is 11.5 Å². The molecule has 0 bridgehead atoms. The highest BCUT2D eigenvalue weighted by atomic mass is 16.5. The van der Waals surface area contributed by atoms with Crippen LogP contribution < -0.4 is 14.5 Å². The number of para-hydroxylation sites is 2. The van der Waals surface area contributed by atoms with E-state index in [0.717, 1.165) is 67.5 Å². The van der Waals surface area contributed by atoms with E-state index in [-0.39, 0.29) is 0 Å². The first-order chi connectivity index (χ1) is 27.3. The summed E-state index contributed by atoms with van der Waals surface area (Å²) in [5.74, 6) is 1.69. The van der Waals surface area contributed by atoms with E-state index in [1.165, 1.54) is 22.3 Å². The summed E-state index contributed by atoms with van der Waals surface area (Å²) in [5, 5.41) is 2.21. The summed E-state index contributed by atoms with van der Waals surface area (Å²) in [6.45, 7) is 0. The highest BCUT2D eigenvalue weighted by Gasteiger charge is 2.28. The molecule has 9 aromatic rings. The zero-order valence-electron chi connectivity index (χ0n) is 30.1. The van der Waals surface area contributed by atoms with Gasteiger partial charge in [-0.2, -0.15) is 0 Å². The lowest BCUT2D eigenvalue weighted by Crippen LogP contribution is -2.13. The molecule has 0 fully saturated rings. The van der Waals surface area contributed by atoms with Crippen molar-refractivity contribution in [1.29, 1.82) is 0 Å². The second-order valence-electron chi connectivity index (χ2n) is 13.7. The summed E-state index contributed by atoms with van der Waals surface area (Å²) in [4.78, 5) is 4.69. The number of nitrogens with zero attached hydrogens (tertiary/aromatic N) is 2. The SMILES string of the molecule is c1ccc(-c2ccc(N(c3ccc(-c4ccccc4)cc3)c3cccc4c3-c3cccc5c(N(c6ccccc6)c6ccccc6)ccc(c35)O4)cc2)cc1. The molecule has 0 spiro atoms. The van der Waals surface area contributed by atoms with E-state index in [1.54, 1.807) is 0 Å². The molecule has 0 aliphatic carbocycles. The third kappa shape index (κ3) is 5.89. The number of ether oxygens (including phenoxy) is 1. The predicted octanol–water partition coefficient (Wildman–Crippen LogP) is 14.9. The molecule has 0 unspecified atom stereocenters. The van der Waals surface area contributed by atoms with Crippen molar-refractivity contribution in [3.8, 4) is 44.9 Å². The van der Waals surface area contributed by atoms with E-state index >= 15 is 0 Å². The number of anilines is 6. The van der Waals surface area contributed by atoms with Crippen LogP contribution in [0.4, 0.5) is 34.1 Å². The van der Waals surface area contributed by atoms with Gasteiger partial charge in [0.25, 0.3) is 0 Å². The third-order valence-electron chi connectivity index (χ3n) is 10.4. The van der Waals surface area contributed by atoms with Crippen LogP contribution in [0.15, 0.2) is 218 Å². The lowest BCUT2D eigenvalue weighted by Gasteiger charge is -2.32. The van der Waals surface area contributed by atoms with E-state index in [2.05, 4.69) is 228 Å². The van der Waals surface area contributed by atoms with Crippen molar-refractivity contribution in [3.63, 3.8) is 0 Å². The lowest BCUT2D eigenvalue weighted by atomic mass is 9.91. The Morgan fingerprint density at radius 2 is 0.745 bits per heavy atom. The van der Waals surface area contributed by atoms with Gasteiger partial charge in [-0.15, -0.1) is 0 Å². The van der Waals surface area contributed by atoms with Gasteiger partial charge in [-0.25, -0.2) is 0 Å². The third-order valence-corrected chi connectivity index (χ3v) is 10.4. The zero-order chi connectivity index (χ0) is 36.6. The Bertz CT molecular complexity index is 2630. The number of fused-ring (bicyclic) bond motifs is 2. The summed E-state index contributed by atoms with van der Waals surface area (Å²) in [5.41, 5.74) is 13.4. The Labute approximate surface area is 321 Å².